The van der Waals surface area contributed by atoms with Crippen LogP contribution in [0.2, 0.25) is 0 Å². The molecule has 2 atom stereocenters. The Morgan fingerprint density at radius 1 is 1.36 bits per heavy atom. The van der Waals surface area contributed by atoms with E-state index < -0.39 is 11.9 Å². The number of rotatable bonds is 4. The van der Waals surface area contributed by atoms with Crippen molar-refractivity contribution in [3.8, 4) is 5.75 Å². The molecule has 0 spiro atoms. The Kier molecular flexibility index (Phi) is 4.92. The van der Waals surface area contributed by atoms with Crippen molar-refractivity contribution in [3.05, 3.63) is 39.7 Å². The highest BCUT2D eigenvalue weighted by molar-refractivity contribution is 5.98. The Bertz CT molecular complexity index is 857. The van der Waals surface area contributed by atoms with E-state index in [2.05, 4.69) is 6.92 Å². The van der Waals surface area contributed by atoms with Crippen LogP contribution in [0.25, 0.3) is 11.0 Å². The summed E-state index contributed by atoms with van der Waals surface area (Å²) in [7, 11) is 0. The summed E-state index contributed by atoms with van der Waals surface area (Å²) < 4.78 is 5.20. The van der Waals surface area contributed by atoms with E-state index in [1.54, 1.807) is 13.0 Å². The number of hydrogen-bond donors (Lipinski definition) is 2. The van der Waals surface area contributed by atoms with Gasteiger partial charge in [-0.25, -0.2) is 4.79 Å². The van der Waals surface area contributed by atoms with Crippen molar-refractivity contribution in [1.29, 1.82) is 0 Å². The van der Waals surface area contributed by atoms with Crippen molar-refractivity contribution in [1.82, 2.24) is 4.90 Å². The molecule has 1 aromatic carbocycles. The second-order valence-corrected chi connectivity index (χ2v) is 6.94. The quantitative estimate of drug-likeness (QED) is 0.653. The zero-order valence-electron chi connectivity index (χ0n) is 14.5. The molecule has 0 bridgehead atoms. The maximum absolute atomic E-state index is 12.5. The van der Waals surface area contributed by atoms with E-state index in [9.17, 15) is 19.8 Å². The number of aliphatic hydroxyl groups excluding tert-OH is 1. The molecule has 2 unspecified atom stereocenters. The number of carbonyl (C=O) groups is 1. The number of nitrogens with zero attached hydrogens (tertiary/aromatic N) is 1. The summed E-state index contributed by atoms with van der Waals surface area (Å²) >= 11 is 0. The fraction of sp³-hybridized carbons (Fsp3) is 0.474. The van der Waals surface area contributed by atoms with Gasteiger partial charge in [-0.1, -0.05) is 6.92 Å². The molecule has 3 rings (SSSR count). The first-order valence-electron chi connectivity index (χ1n) is 8.58. The topological polar surface area (TPSA) is 91.0 Å². The van der Waals surface area contributed by atoms with Gasteiger partial charge in [0, 0.05) is 31.0 Å². The van der Waals surface area contributed by atoms with Crippen molar-refractivity contribution in [2.75, 3.05) is 13.1 Å². The predicted octanol–water partition coefficient (Wildman–Crippen LogP) is 2.43. The summed E-state index contributed by atoms with van der Waals surface area (Å²) in [5, 5.41) is 20.3. The molecule has 1 aliphatic heterocycles. The molecule has 1 aromatic heterocycles. The molecule has 0 saturated carbocycles. The van der Waals surface area contributed by atoms with Gasteiger partial charge < -0.3 is 14.6 Å². The molecule has 6 heteroatoms. The fourth-order valence-corrected chi connectivity index (χ4v) is 3.37. The first-order chi connectivity index (χ1) is 11.8. The molecule has 0 amide bonds. The van der Waals surface area contributed by atoms with Gasteiger partial charge in [-0.3, -0.25) is 9.69 Å². The largest absolute Gasteiger partial charge is 0.508 e. The summed E-state index contributed by atoms with van der Waals surface area (Å²) in [4.78, 5) is 26.5. The van der Waals surface area contributed by atoms with Crippen LogP contribution < -0.4 is 5.63 Å². The average molecular weight is 345 g/mol. The van der Waals surface area contributed by atoms with Crippen LogP contribution in [0, 0.1) is 12.8 Å². The summed E-state index contributed by atoms with van der Waals surface area (Å²) in [6.45, 7) is 5.05. The van der Waals surface area contributed by atoms with Crippen LogP contribution in [0.15, 0.2) is 27.4 Å². The van der Waals surface area contributed by atoms with Crippen LogP contribution in [-0.4, -0.2) is 40.2 Å². The highest BCUT2D eigenvalue weighted by atomic mass is 16.4. The van der Waals surface area contributed by atoms with Crippen molar-refractivity contribution in [2.24, 2.45) is 5.92 Å². The molecule has 2 N–H and O–H groups in total. The number of hydrogen-bond acceptors (Lipinski definition) is 6. The number of fused-ring (bicyclic) bond motifs is 1. The van der Waals surface area contributed by atoms with Crippen molar-refractivity contribution in [2.45, 2.75) is 39.3 Å². The van der Waals surface area contributed by atoms with Gasteiger partial charge in [0.05, 0.1) is 0 Å². The standard InChI is InChI=1S/C19H23NO5/c1-11-3-5-20(18(23)7-11)6-4-16(22)15-10-14-12(2)8-13(21)9-17(14)25-19(15)24/h8-11,18,21,23H,3-7H2,1-2H3. The monoisotopic (exact) mass is 345 g/mol. The number of Topliss-reactive ketones (excluding diaryl/α,β-unsaturated/α-hetero) is 1. The summed E-state index contributed by atoms with van der Waals surface area (Å²) in [5.74, 6) is 0.198. The van der Waals surface area contributed by atoms with Crippen LogP contribution in [-0.2, 0) is 0 Å². The number of carbonyl (C=O) groups excluding carboxylic acids is 1. The molecule has 0 aliphatic carbocycles. The molecule has 1 fully saturated rings. The lowest BCUT2D eigenvalue weighted by molar-refractivity contribution is -0.0387. The van der Waals surface area contributed by atoms with Crippen molar-refractivity contribution >= 4 is 16.8 Å². The van der Waals surface area contributed by atoms with Gasteiger partial charge in [-0.05, 0) is 43.4 Å². The smallest absolute Gasteiger partial charge is 0.347 e. The number of aliphatic hydroxyl groups is 1. The number of benzene rings is 1. The average Bonchev–Trinajstić information content (AvgIpc) is 2.53. The molecular weight excluding hydrogens is 322 g/mol. The lowest BCUT2D eigenvalue weighted by Crippen LogP contribution is -2.42. The van der Waals surface area contributed by atoms with Gasteiger partial charge in [0.25, 0.3) is 0 Å². The summed E-state index contributed by atoms with van der Waals surface area (Å²) in [6.07, 6.45) is 1.31. The van der Waals surface area contributed by atoms with E-state index in [0.29, 0.717) is 24.3 Å². The molecule has 1 aliphatic rings. The highest BCUT2D eigenvalue weighted by Crippen LogP contribution is 2.24. The molecular formula is C19H23NO5. The predicted molar refractivity (Wildman–Crippen MR) is 93.8 cm³/mol. The van der Waals surface area contributed by atoms with Gasteiger partial charge in [0.15, 0.2) is 5.78 Å². The van der Waals surface area contributed by atoms with Gasteiger partial charge in [0.2, 0.25) is 0 Å². The fourth-order valence-electron chi connectivity index (χ4n) is 3.37. The normalized spacial score (nSPS) is 21.6. The lowest BCUT2D eigenvalue weighted by Gasteiger charge is -2.34. The number of phenols is 1. The third kappa shape index (κ3) is 3.75. The maximum Gasteiger partial charge on any atom is 0.347 e. The summed E-state index contributed by atoms with van der Waals surface area (Å²) in [6, 6.07) is 4.46. The minimum atomic E-state index is -0.699. The number of phenolic OH excluding ortho intramolecular Hbond substituents is 1. The Morgan fingerprint density at radius 3 is 2.84 bits per heavy atom. The number of piperidine rings is 1. The minimum Gasteiger partial charge on any atom is -0.508 e. The molecule has 6 nitrogen and oxygen atoms in total. The number of aromatic hydroxyl groups is 1. The van der Waals surface area contributed by atoms with Gasteiger partial charge in [-0.15, -0.1) is 0 Å². The highest BCUT2D eigenvalue weighted by Gasteiger charge is 2.25. The first-order valence-corrected chi connectivity index (χ1v) is 8.58. The lowest BCUT2D eigenvalue weighted by atomic mass is 9.97. The van der Waals surface area contributed by atoms with Crippen molar-refractivity contribution in [3.63, 3.8) is 0 Å². The molecule has 134 valence electrons. The Balaban J connectivity index is 1.78. The van der Waals surface area contributed by atoms with Gasteiger partial charge in [0.1, 0.15) is 23.1 Å². The first kappa shape index (κ1) is 17.6. The second-order valence-electron chi connectivity index (χ2n) is 6.94. The Morgan fingerprint density at radius 2 is 2.12 bits per heavy atom. The third-order valence-corrected chi connectivity index (χ3v) is 4.92. The van der Waals surface area contributed by atoms with E-state index >= 15 is 0 Å². The van der Waals surface area contributed by atoms with Gasteiger partial charge in [-0.2, -0.15) is 0 Å². The van der Waals surface area contributed by atoms with E-state index in [4.69, 9.17) is 4.42 Å². The van der Waals surface area contributed by atoms with Crippen LogP contribution in [0.1, 0.15) is 42.1 Å². The molecule has 0 radical (unpaired) electrons. The van der Waals surface area contributed by atoms with Crippen LogP contribution in [0.3, 0.4) is 0 Å². The van der Waals surface area contributed by atoms with Crippen LogP contribution in [0.5, 0.6) is 5.75 Å². The molecule has 2 heterocycles. The summed E-state index contributed by atoms with van der Waals surface area (Å²) in [5.41, 5.74) is 0.309. The number of aryl methyl sites for hydroxylation is 1. The van der Waals surface area contributed by atoms with E-state index in [-0.39, 0.29) is 29.1 Å². The Hall–Kier alpha value is -2.18. The zero-order valence-corrected chi connectivity index (χ0v) is 14.5. The zero-order chi connectivity index (χ0) is 18.1. The van der Waals surface area contributed by atoms with Crippen LogP contribution in [0.4, 0.5) is 0 Å². The molecule has 2 aromatic rings. The van der Waals surface area contributed by atoms with Crippen LogP contribution >= 0.6 is 0 Å². The van der Waals surface area contributed by atoms with E-state index in [0.717, 1.165) is 18.5 Å². The second kappa shape index (κ2) is 6.98. The van der Waals surface area contributed by atoms with E-state index in [1.165, 1.54) is 12.1 Å². The van der Waals surface area contributed by atoms with Gasteiger partial charge >= 0.3 is 5.63 Å². The molecule has 25 heavy (non-hydrogen) atoms. The molecule has 1 saturated heterocycles. The van der Waals surface area contributed by atoms with Crippen molar-refractivity contribution < 1.29 is 19.4 Å². The third-order valence-electron chi connectivity index (χ3n) is 4.92. The Labute approximate surface area is 145 Å². The van der Waals surface area contributed by atoms with E-state index in [1.807, 2.05) is 4.90 Å². The number of ketones is 1. The minimum absolute atomic E-state index is 0.0144. The number of likely N-dealkylation sites (tertiary alicyclic amines) is 1. The SMILES string of the molecule is Cc1cc(O)cc2oc(=O)c(C(=O)CCN3CCC(C)CC3O)cc12. The maximum atomic E-state index is 12.5.